The van der Waals surface area contributed by atoms with Crippen LogP contribution in [-0.4, -0.2) is 16.9 Å². The third kappa shape index (κ3) is 4.47. The van der Waals surface area contributed by atoms with Crippen LogP contribution >= 0.6 is 0 Å². The minimum absolute atomic E-state index is 0.0241. The zero-order valence-corrected chi connectivity index (χ0v) is 14.4. The summed E-state index contributed by atoms with van der Waals surface area (Å²) in [6.07, 6.45) is 7.81. The van der Waals surface area contributed by atoms with Gasteiger partial charge in [-0.05, 0) is 37.1 Å². The summed E-state index contributed by atoms with van der Waals surface area (Å²) in [5.74, 6) is -0.224. The lowest BCUT2D eigenvalue weighted by molar-refractivity contribution is -0.384. The molecule has 2 N–H and O–H groups in total. The number of non-ortho nitro benzene ring substituents is 1. The Hall–Kier alpha value is -3.15. The number of carbonyl (C=O) groups excluding carboxylic acids is 1. The Bertz CT molecular complexity index is 812. The minimum atomic E-state index is -0.417. The summed E-state index contributed by atoms with van der Waals surface area (Å²) >= 11 is 0. The van der Waals surface area contributed by atoms with Crippen LogP contribution in [0.3, 0.4) is 0 Å². The van der Waals surface area contributed by atoms with E-state index in [-0.39, 0.29) is 11.6 Å². The highest BCUT2D eigenvalue weighted by atomic mass is 16.6. The van der Waals surface area contributed by atoms with Crippen LogP contribution in [0.4, 0.5) is 11.4 Å². The number of carbonyl (C=O) groups is 1. The number of rotatable bonds is 6. The first kappa shape index (κ1) is 17.7. The average Bonchev–Trinajstić information content (AvgIpc) is 3.16. The van der Waals surface area contributed by atoms with Gasteiger partial charge in [-0.2, -0.15) is 0 Å². The van der Waals surface area contributed by atoms with Crippen LogP contribution in [0.5, 0.6) is 0 Å². The van der Waals surface area contributed by atoms with E-state index in [1.807, 2.05) is 6.07 Å². The Morgan fingerprint density at radius 3 is 2.54 bits per heavy atom. The van der Waals surface area contributed by atoms with Crippen LogP contribution in [-0.2, 0) is 0 Å². The highest BCUT2D eigenvalue weighted by Gasteiger charge is 2.17. The number of nitrogens with zero attached hydrogens (tertiary/aromatic N) is 1. The first-order valence-corrected chi connectivity index (χ1v) is 8.71. The molecule has 6 heteroatoms. The summed E-state index contributed by atoms with van der Waals surface area (Å²) < 4.78 is 0. The summed E-state index contributed by atoms with van der Waals surface area (Å²) in [6, 6.07) is 14.0. The van der Waals surface area contributed by atoms with Crippen LogP contribution in [0, 0.1) is 10.1 Å². The second-order valence-electron chi connectivity index (χ2n) is 6.33. The summed E-state index contributed by atoms with van der Waals surface area (Å²) in [4.78, 5) is 22.7. The van der Waals surface area contributed by atoms with Gasteiger partial charge in [0.1, 0.15) is 0 Å². The van der Waals surface area contributed by atoms with Gasteiger partial charge >= 0.3 is 0 Å². The molecule has 1 saturated carbocycles. The lowest BCUT2D eigenvalue weighted by atomic mass is 10.1. The Kier molecular flexibility index (Phi) is 5.63. The van der Waals surface area contributed by atoms with Crippen molar-refractivity contribution in [3.8, 4) is 0 Å². The molecule has 2 aromatic rings. The molecule has 3 rings (SSSR count). The third-order valence-electron chi connectivity index (χ3n) is 4.47. The van der Waals surface area contributed by atoms with Gasteiger partial charge in [0.2, 0.25) is 0 Å². The van der Waals surface area contributed by atoms with Crippen molar-refractivity contribution in [2.45, 2.75) is 31.7 Å². The molecule has 0 spiro atoms. The molecule has 0 radical (unpaired) electrons. The van der Waals surface area contributed by atoms with Crippen molar-refractivity contribution in [1.29, 1.82) is 0 Å². The van der Waals surface area contributed by atoms with Crippen LogP contribution in [0.15, 0.2) is 54.7 Å². The zero-order valence-electron chi connectivity index (χ0n) is 14.4. The van der Waals surface area contributed by atoms with E-state index in [1.165, 1.54) is 31.2 Å². The van der Waals surface area contributed by atoms with E-state index in [4.69, 9.17) is 0 Å². The predicted octanol–water partition coefficient (Wildman–Crippen LogP) is 4.35. The SMILES string of the molecule is O=C(NC=Cc1cc([N+](=O)[O-])ccc1NC1CCCC1)c1ccccc1. The van der Waals surface area contributed by atoms with Crippen LogP contribution in [0.25, 0.3) is 6.08 Å². The maximum Gasteiger partial charge on any atom is 0.270 e. The highest BCUT2D eigenvalue weighted by Crippen LogP contribution is 2.27. The Balaban J connectivity index is 1.76. The summed E-state index contributed by atoms with van der Waals surface area (Å²) in [7, 11) is 0. The van der Waals surface area contributed by atoms with E-state index in [0.717, 1.165) is 18.5 Å². The minimum Gasteiger partial charge on any atom is -0.382 e. The Labute approximate surface area is 152 Å². The fourth-order valence-corrected chi connectivity index (χ4v) is 3.10. The maximum absolute atomic E-state index is 12.1. The van der Waals surface area contributed by atoms with Crippen LogP contribution < -0.4 is 10.6 Å². The maximum atomic E-state index is 12.1. The highest BCUT2D eigenvalue weighted by molar-refractivity contribution is 5.95. The molecule has 6 nitrogen and oxygen atoms in total. The summed E-state index contributed by atoms with van der Waals surface area (Å²) in [5, 5.41) is 17.2. The Morgan fingerprint density at radius 2 is 1.85 bits per heavy atom. The number of nitro groups is 1. The molecule has 1 amide bonds. The molecule has 0 unspecified atom stereocenters. The molecule has 0 aromatic heterocycles. The standard InChI is InChI=1S/C20H21N3O3/c24-20(15-6-2-1-3-7-15)21-13-12-16-14-18(23(25)26)10-11-19(16)22-17-8-4-5-9-17/h1-3,6-7,10-14,17,22H,4-5,8-9H2,(H,21,24). The Morgan fingerprint density at radius 1 is 1.12 bits per heavy atom. The van der Waals surface area contributed by atoms with Gasteiger partial charge in [0.15, 0.2) is 0 Å². The van der Waals surface area contributed by atoms with Crippen molar-refractivity contribution >= 4 is 23.4 Å². The van der Waals surface area contributed by atoms with Crippen molar-refractivity contribution in [2.75, 3.05) is 5.32 Å². The smallest absolute Gasteiger partial charge is 0.270 e. The van der Waals surface area contributed by atoms with Gasteiger partial charge < -0.3 is 10.6 Å². The molecule has 1 fully saturated rings. The van der Waals surface area contributed by atoms with Crippen molar-refractivity contribution < 1.29 is 9.72 Å². The number of hydrogen-bond acceptors (Lipinski definition) is 4. The monoisotopic (exact) mass is 351 g/mol. The molecule has 0 aliphatic heterocycles. The molecule has 26 heavy (non-hydrogen) atoms. The first-order valence-electron chi connectivity index (χ1n) is 8.71. The third-order valence-corrected chi connectivity index (χ3v) is 4.47. The van der Waals surface area contributed by atoms with Crippen molar-refractivity contribution in [3.63, 3.8) is 0 Å². The quantitative estimate of drug-likeness (QED) is 0.598. The molecule has 2 aromatic carbocycles. The summed E-state index contributed by atoms with van der Waals surface area (Å²) in [6.45, 7) is 0. The molecule has 0 heterocycles. The van der Waals surface area contributed by atoms with E-state index < -0.39 is 4.92 Å². The second-order valence-corrected chi connectivity index (χ2v) is 6.33. The van der Waals surface area contributed by atoms with Gasteiger partial charge in [0.05, 0.1) is 4.92 Å². The van der Waals surface area contributed by atoms with Gasteiger partial charge in [-0.3, -0.25) is 14.9 Å². The normalized spacial score (nSPS) is 14.5. The number of nitro benzene ring substituents is 1. The molecule has 134 valence electrons. The lowest BCUT2D eigenvalue weighted by Gasteiger charge is -2.15. The average molecular weight is 351 g/mol. The number of hydrogen-bond donors (Lipinski definition) is 2. The van der Waals surface area contributed by atoms with Crippen molar-refractivity contribution in [2.24, 2.45) is 0 Å². The van der Waals surface area contributed by atoms with E-state index in [2.05, 4.69) is 10.6 Å². The molecule has 0 saturated heterocycles. The number of nitrogens with one attached hydrogen (secondary N) is 2. The van der Waals surface area contributed by atoms with E-state index >= 15 is 0 Å². The fraction of sp³-hybridized carbons (Fsp3) is 0.250. The number of benzene rings is 2. The van der Waals surface area contributed by atoms with Gasteiger partial charge in [-0.15, -0.1) is 0 Å². The predicted molar refractivity (Wildman–Crippen MR) is 102 cm³/mol. The van der Waals surface area contributed by atoms with Gasteiger partial charge in [-0.1, -0.05) is 31.0 Å². The van der Waals surface area contributed by atoms with Crippen LogP contribution in [0.2, 0.25) is 0 Å². The number of anilines is 1. The van der Waals surface area contributed by atoms with E-state index in [1.54, 1.807) is 36.4 Å². The molecular weight excluding hydrogens is 330 g/mol. The molecule has 0 bridgehead atoms. The van der Waals surface area contributed by atoms with Gasteiger partial charge in [0.25, 0.3) is 11.6 Å². The van der Waals surface area contributed by atoms with Crippen LogP contribution in [0.1, 0.15) is 41.6 Å². The largest absolute Gasteiger partial charge is 0.382 e. The topological polar surface area (TPSA) is 84.3 Å². The fourth-order valence-electron chi connectivity index (χ4n) is 3.10. The molecular formula is C20H21N3O3. The summed E-state index contributed by atoms with van der Waals surface area (Å²) in [5.41, 5.74) is 2.10. The van der Waals surface area contributed by atoms with Gasteiger partial charge in [-0.25, -0.2) is 0 Å². The van der Waals surface area contributed by atoms with Crippen molar-refractivity contribution in [1.82, 2.24) is 5.32 Å². The van der Waals surface area contributed by atoms with Crippen molar-refractivity contribution in [3.05, 3.63) is 76.0 Å². The zero-order chi connectivity index (χ0) is 18.4. The second kappa shape index (κ2) is 8.29. The molecule has 0 atom stereocenters. The van der Waals surface area contributed by atoms with Gasteiger partial charge in [0, 0.05) is 41.2 Å². The first-order chi connectivity index (χ1) is 12.6. The molecule has 1 aliphatic carbocycles. The number of amides is 1. The van der Waals surface area contributed by atoms with E-state index in [0.29, 0.717) is 17.2 Å². The lowest BCUT2D eigenvalue weighted by Crippen LogP contribution is -2.17. The molecule has 1 aliphatic rings. The van der Waals surface area contributed by atoms with E-state index in [9.17, 15) is 14.9 Å².